The lowest BCUT2D eigenvalue weighted by Crippen LogP contribution is -2.21. The van der Waals surface area contributed by atoms with E-state index < -0.39 is 11.5 Å². The number of rotatable bonds is 3. The van der Waals surface area contributed by atoms with Gasteiger partial charge in [-0.1, -0.05) is 24.3 Å². The summed E-state index contributed by atoms with van der Waals surface area (Å²) in [7, 11) is 0. The van der Waals surface area contributed by atoms with Gasteiger partial charge in [0, 0.05) is 16.5 Å². The summed E-state index contributed by atoms with van der Waals surface area (Å²) in [6.45, 7) is 2.04. The van der Waals surface area contributed by atoms with Gasteiger partial charge in [0.1, 0.15) is 5.56 Å². The zero-order valence-electron chi connectivity index (χ0n) is 13.5. The van der Waals surface area contributed by atoms with E-state index in [0.717, 1.165) is 5.39 Å². The second-order valence-corrected chi connectivity index (χ2v) is 5.54. The Bertz CT molecular complexity index is 1040. The number of fused-ring (bicyclic) bond motifs is 2. The van der Waals surface area contributed by atoms with Crippen molar-refractivity contribution in [2.45, 2.75) is 6.92 Å². The highest BCUT2D eigenvalue weighted by Gasteiger charge is 2.23. The first-order valence-electron chi connectivity index (χ1n) is 7.91. The van der Waals surface area contributed by atoms with E-state index >= 15 is 0 Å². The van der Waals surface area contributed by atoms with Crippen LogP contribution in [0.5, 0.6) is 11.5 Å². The molecule has 0 saturated carbocycles. The first-order valence-corrected chi connectivity index (χ1v) is 7.91. The molecule has 1 aliphatic heterocycles. The highest BCUT2D eigenvalue weighted by Crippen LogP contribution is 2.38. The number of carbonyl (C=O) groups is 1. The fourth-order valence-corrected chi connectivity index (χ4v) is 2.99. The van der Waals surface area contributed by atoms with E-state index in [2.05, 4.69) is 4.98 Å². The second kappa shape index (κ2) is 5.98. The number of hydrogen-bond donors (Lipinski definition) is 1. The number of aromatic nitrogens is 1. The van der Waals surface area contributed by atoms with E-state index in [1.807, 2.05) is 18.2 Å². The van der Waals surface area contributed by atoms with Gasteiger partial charge >= 0.3 is 5.97 Å². The highest BCUT2D eigenvalue weighted by atomic mass is 16.7. The maximum absolute atomic E-state index is 12.6. The van der Waals surface area contributed by atoms with Crippen molar-refractivity contribution in [3.63, 3.8) is 0 Å². The summed E-state index contributed by atoms with van der Waals surface area (Å²) in [5, 5.41) is 0.754. The zero-order valence-corrected chi connectivity index (χ0v) is 13.5. The lowest BCUT2D eigenvalue weighted by Gasteiger charge is -2.12. The summed E-state index contributed by atoms with van der Waals surface area (Å²) < 4.78 is 15.9. The van der Waals surface area contributed by atoms with E-state index in [4.69, 9.17) is 14.2 Å². The molecule has 126 valence electrons. The van der Waals surface area contributed by atoms with Crippen LogP contribution < -0.4 is 15.0 Å². The van der Waals surface area contributed by atoms with Crippen LogP contribution in [0.15, 0.2) is 47.3 Å². The van der Waals surface area contributed by atoms with E-state index in [0.29, 0.717) is 28.1 Å². The summed E-state index contributed by atoms with van der Waals surface area (Å²) in [5.74, 6) is 0.564. The standard InChI is InChI=1S/C19H15NO5/c1-2-23-19(22)17-16(11-7-8-14-15(9-11)25-10-24-14)12-5-3-4-6-13(12)20-18(17)21/h3-9H,2,10H2,1H3,(H,20,21). The molecule has 0 bridgehead atoms. The smallest absolute Gasteiger partial charge is 0.344 e. The van der Waals surface area contributed by atoms with Crippen molar-refractivity contribution in [1.29, 1.82) is 0 Å². The summed E-state index contributed by atoms with van der Waals surface area (Å²) in [6.07, 6.45) is 0. The van der Waals surface area contributed by atoms with Gasteiger partial charge in [-0.3, -0.25) is 4.79 Å². The van der Waals surface area contributed by atoms with Gasteiger partial charge in [0.25, 0.3) is 5.56 Å². The quantitative estimate of drug-likeness (QED) is 0.743. The Hall–Kier alpha value is -3.28. The average molecular weight is 337 g/mol. The largest absolute Gasteiger partial charge is 0.462 e. The first kappa shape index (κ1) is 15.3. The van der Waals surface area contributed by atoms with E-state index in [-0.39, 0.29) is 19.0 Å². The summed E-state index contributed by atoms with van der Waals surface area (Å²) >= 11 is 0. The number of hydrogen-bond acceptors (Lipinski definition) is 5. The van der Waals surface area contributed by atoms with Gasteiger partial charge in [0.2, 0.25) is 6.79 Å². The van der Waals surface area contributed by atoms with Crippen LogP contribution >= 0.6 is 0 Å². The average Bonchev–Trinajstić information content (AvgIpc) is 3.08. The Labute approximate surface area is 143 Å². The fourth-order valence-electron chi connectivity index (χ4n) is 2.99. The molecule has 6 nitrogen and oxygen atoms in total. The van der Waals surface area contributed by atoms with E-state index in [1.165, 1.54) is 0 Å². The minimum absolute atomic E-state index is 0.0144. The molecular formula is C19H15NO5. The molecule has 6 heteroatoms. The number of ether oxygens (including phenoxy) is 3. The van der Waals surface area contributed by atoms with Crippen molar-refractivity contribution in [2.75, 3.05) is 13.4 Å². The predicted molar refractivity (Wildman–Crippen MR) is 92.1 cm³/mol. The number of nitrogens with one attached hydrogen (secondary N) is 1. The molecule has 0 aliphatic carbocycles. The number of para-hydroxylation sites is 1. The van der Waals surface area contributed by atoms with Crippen LogP contribution in [0, 0.1) is 0 Å². The first-order chi connectivity index (χ1) is 12.2. The molecule has 0 spiro atoms. The van der Waals surface area contributed by atoms with Crippen LogP contribution in [-0.2, 0) is 4.74 Å². The van der Waals surface area contributed by atoms with Crippen LogP contribution in [0.3, 0.4) is 0 Å². The molecule has 0 fully saturated rings. The molecule has 0 atom stereocenters. The Balaban J connectivity index is 2.04. The molecule has 1 aliphatic rings. The molecule has 25 heavy (non-hydrogen) atoms. The second-order valence-electron chi connectivity index (χ2n) is 5.54. The molecule has 3 aromatic rings. The Morgan fingerprint density at radius 1 is 1.16 bits per heavy atom. The number of H-pyrrole nitrogens is 1. The van der Waals surface area contributed by atoms with Crippen molar-refractivity contribution in [3.05, 3.63) is 58.4 Å². The molecule has 2 aromatic carbocycles. The molecule has 1 N–H and O–H groups in total. The number of pyridine rings is 1. The lowest BCUT2D eigenvalue weighted by atomic mass is 9.96. The molecule has 1 aromatic heterocycles. The summed E-state index contributed by atoms with van der Waals surface area (Å²) in [4.78, 5) is 27.8. The SMILES string of the molecule is CCOC(=O)c1c(-c2ccc3c(c2)OCO3)c2ccccc2[nH]c1=O. The third kappa shape index (κ3) is 2.52. The topological polar surface area (TPSA) is 77.6 Å². The number of carbonyl (C=O) groups excluding carboxylic acids is 1. The van der Waals surface area contributed by atoms with Crippen molar-refractivity contribution in [3.8, 4) is 22.6 Å². The molecule has 4 rings (SSSR count). The third-order valence-corrected chi connectivity index (χ3v) is 4.06. The number of esters is 1. The van der Waals surface area contributed by atoms with Crippen LogP contribution in [-0.4, -0.2) is 24.4 Å². The third-order valence-electron chi connectivity index (χ3n) is 4.06. The van der Waals surface area contributed by atoms with Gasteiger partial charge < -0.3 is 19.2 Å². The summed E-state index contributed by atoms with van der Waals surface area (Å²) in [6, 6.07) is 12.7. The molecule has 0 radical (unpaired) electrons. The Kier molecular flexibility index (Phi) is 3.65. The molecule has 2 heterocycles. The van der Waals surface area contributed by atoms with Gasteiger partial charge in [-0.15, -0.1) is 0 Å². The zero-order chi connectivity index (χ0) is 17.4. The normalized spacial score (nSPS) is 12.4. The number of benzene rings is 2. The molecule has 0 unspecified atom stereocenters. The van der Waals surface area contributed by atoms with Crippen LogP contribution in [0.25, 0.3) is 22.0 Å². The molecular weight excluding hydrogens is 322 g/mol. The van der Waals surface area contributed by atoms with Crippen molar-refractivity contribution >= 4 is 16.9 Å². The van der Waals surface area contributed by atoms with Crippen molar-refractivity contribution in [2.24, 2.45) is 0 Å². The maximum atomic E-state index is 12.6. The van der Waals surface area contributed by atoms with Crippen molar-refractivity contribution < 1.29 is 19.0 Å². The van der Waals surface area contributed by atoms with Gasteiger partial charge in [0.05, 0.1) is 6.61 Å². The van der Waals surface area contributed by atoms with Crippen LogP contribution in [0.4, 0.5) is 0 Å². The number of aromatic amines is 1. The predicted octanol–water partition coefficient (Wildman–Crippen LogP) is 3.10. The maximum Gasteiger partial charge on any atom is 0.344 e. The minimum atomic E-state index is -0.651. The van der Waals surface area contributed by atoms with E-state index in [9.17, 15) is 9.59 Å². The van der Waals surface area contributed by atoms with Crippen LogP contribution in [0.2, 0.25) is 0 Å². The van der Waals surface area contributed by atoms with Crippen LogP contribution in [0.1, 0.15) is 17.3 Å². The lowest BCUT2D eigenvalue weighted by molar-refractivity contribution is 0.0525. The Morgan fingerprint density at radius 3 is 2.80 bits per heavy atom. The van der Waals surface area contributed by atoms with Crippen molar-refractivity contribution in [1.82, 2.24) is 4.98 Å². The van der Waals surface area contributed by atoms with Gasteiger partial charge in [-0.2, -0.15) is 0 Å². The fraction of sp³-hybridized carbons (Fsp3) is 0.158. The summed E-state index contributed by atoms with van der Waals surface area (Å²) in [5.41, 5.74) is 1.36. The Morgan fingerprint density at radius 2 is 1.96 bits per heavy atom. The van der Waals surface area contributed by atoms with Gasteiger partial charge in [-0.25, -0.2) is 4.79 Å². The highest BCUT2D eigenvalue weighted by molar-refractivity contribution is 6.06. The molecule has 0 amide bonds. The van der Waals surface area contributed by atoms with E-state index in [1.54, 1.807) is 31.2 Å². The monoisotopic (exact) mass is 337 g/mol. The minimum Gasteiger partial charge on any atom is -0.462 e. The van der Waals surface area contributed by atoms with Gasteiger partial charge in [0.15, 0.2) is 11.5 Å². The van der Waals surface area contributed by atoms with Gasteiger partial charge in [-0.05, 0) is 30.7 Å². The molecule has 0 saturated heterocycles.